The van der Waals surface area contributed by atoms with E-state index >= 15 is 0 Å². The molecule has 1 unspecified atom stereocenters. The van der Waals surface area contributed by atoms with Crippen molar-refractivity contribution in [1.29, 1.82) is 0 Å². The van der Waals surface area contributed by atoms with E-state index in [4.69, 9.17) is 23.9 Å². The van der Waals surface area contributed by atoms with Crippen molar-refractivity contribution >= 4 is 40.9 Å². The minimum atomic E-state index is -1.44. The van der Waals surface area contributed by atoms with Crippen molar-refractivity contribution in [3.63, 3.8) is 0 Å². The summed E-state index contributed by atoms with van der Waals surface area (Å²) in [5.41, 5.74) is 0.343. The molecule has 19 nitrogen and oxygen atoms in total. The van der Waals surface area contributed by atoms with Gasteiger partial charge in [0.05, 0.1) is 45.7 Å². The predicted molar refractivity (Wildman–Crippen MR) is 207 cm³/mol. The number of guanidine groups is 1. The maximum atomic E-state index is 13.0. The van der Waals surface area contributed by atoms with Crippen molar-refractivity contribution < 1.29 is 33.6 Å². The van der Waals surface area contributed by atoms with Crippen LogP contribution >= 0.6 is 0 Å². The van der Waals surface area contributed by atoms with Gasteiger partial charge >= 0.3 is 12.1 Å². The van der Waals surface area contributed by atoms with Gasteiger partial charge in [0.25, 0.3) is 0 Å². The average Bonchev–Trinajstić information content (AvgIpc) is 3.51. The molecule has 0 aliphatic carbocycles. The van der Waals surface area contributed by atoms with Crippen molar-refractivity contribution in [2.24, 2.45) is 4.99 Å². The average molecular weight is 765 g/mol. The number of aliphatic imine (C=N–C) groups is 1. The molecule has 55 heavy (non-hydrogen) atoms. The summed E-state index contributed by atoms with van der Waals surface area (Å²) in [5, 5.41) is 33.4. The third kappa shape index (κ3) is 13.8. The zero-order valence-electron chi connectivity index (χ0n) is 33.2. The fourth-order valence-corrected chi connectivity index (χ4v) is 4.77. The Morgan fingerprint density at radius 1 is 0.945 bits per heavy atom. The standard InChI is InChI=1S/C36H52N12O7/c1-34(2,3)45-31(49)42-28-26(21-14-24(52-10)17-25(15-21)53-11)16-22-18-38-29(41-27(22)40-28)39-19-23-20-48(47-46-23)13-12-37-30(43-32(50)54-35(4,5)6)44-33(51)55-36(7,8)9/h14-18,20,32,50H,12-13,19H2,1-11H3,(H2,37,43,44,51)(H3,38,39,40,41,42,45,49). The summed E-state index contributed by atoms with van der Waals surface area (Å²) in [5.74, 6) is 1.64. The second-order valence-electron chi connectivity index (χ2n) is 15.3. The van der Waals surface area contributed by atoms with Crippen LogP contribution in [0.4, 0.5) is 21.4 Å². The van der Waals surface area contributed by atoms with Gasteiger partial charge in [-0.05, 0) is 86.1 Å². The molecule has 4 aromatic rings. The lowest BCUT2D eigenvalue weighted by atomic mass is 10.0. The maximum absolute atomic E-state index is 13.0. The monoisotopic (exact) mass is 764 g/mol. The van der Waals surface area contributed by atoms with Crippen LogP contribution in [0.1, 0.15) is 68.0 Å². The highest BCUT2D eigenvalue weighted by atomic mass is 16.6. The number of hydrogen-bond acceptors (Lipinski definition) is 14. The number of pyridine rings is 1. The number of nitrogens with zero attached hydrogens (tertiary/aromatic N) is 7. The third-order valence-corrected chi connectivity index (χ3v) is 6.91. The van der Waals surface area contributed by atoms with Gasteiger partial charge in [0.15, 0.2) is 5.65 Å². The number of amides is 3. The molecule has 0 saturated heterocycles. The minimum absolute atomic E-state index is 0.0430. The SMILES string of the molecule is COc1cc(OC)cc(-c2cc3cnc(NCc4cn(CCN=C(NC(=O)OC(C)(C)C)NC(O)OC(C)(C)C)nn4)nc3nc2NC(=O)NC(C)(C)C)c1. The highest BCUT2D eigenvalue weighted by Gasteiger charge is 2.22. The molecule has 0 saturated carbocycles. The summed E-state index contributed by atoms with van der Waals surface area (Å²) in [7, 11) is 3.12. The summed E-state index contributed by atoms with van der Waals surface area (Å²) >= 11 is 0. The van der Waals surface area contributed by atoms with E-state index in [1.807, 2.05) is 39.0 Å². The van der Waals surface area contributed by atoms with Crippen LogP contribution in [0, 0.1) is 0 Å². The quantitative estimate of drug-likeness (QED) is 0.0667. The van der Waals surface area contributed by atoms with Crippen molar-refractivity contribution in [3.05, 3.63) is 42.4 Å². The van der Waals surface area contributed by atoms with Crippen LogP contribution in [-0.4, -0.2) is 97.1 Å². The summed E-state index contributed by atoms with van der Waals surface area (Å²) < 4.78 is 23.3. The summed E-state index contributed by atoms with van der Waals surface area (Å²) in [6.07, 6.45) is 1.16. The molecule has 0 aliphatic heterocycles. The lowest BCUT2D eigenvalue weighted by Crippen LogP contribution is -2.49. The Kier molecular flexibility index (Phi) is 13.4. The number of carbonyl (C=O) groups is 2. The largest absolute Gasteiger partial charge is 0.497 e. The van der Waals surface area contributed by atoms with Gasteiger partial charge in [-0.25, -0.2) is 19.6 Å². The Balaban J connectivity index is 1.48. The van der Waals surface area contributed by atoms with Gasteiger partial charge in [-0.15, -0.1) is 5.10 Å². The fraction of sp³-hybridized carbons (Fsp3) is 0.500. The van der Waals surface area contributed by atoms with Gasteiger partial charge in [0, 0.05) is 28.8 Å². The molecule has 3 aromatic heterocycles. The van der Waals surface area contributed by atoms with Gasteiger partial charge in [0.2, 0.25) is 18.3 Å². The number of aliphatic hydroxyl groups excluding tert-OH is 1. The van der Waals surface area contributed by atoms with Crippen LogP contribution < -0.4 is 36.1 Å². The highest BCUT2D eigenvalue weighted by molar-refractivity contribution is 5.97. The molecule has 0 radical (unpaired) electrons. The number of aromatic nitrogens is 6. The van der Waals surface area contributed by atoms with Crippen LogP contribution in [0.25, 0.3) is 22.2 Å². The molecule has 0 fully saturated rings. The van der Waals surface area contributed by atoms with E-state index in [0.717, 1.165) is 0 Å². The fourth-order valence-electron chi connectivity index (χ4n) is 4.77. The summed E-state index contributed by atoms with van der Waals surface area (Å²) in [6.45, 7) is 16.8. The summed E-state index contributed by atoms with van der Waals surface area (Å²) in [6, 6.07) is 6.79. The van der Waals surface area contributed by atoms with E-state index in [9.17, 15) is 14.7 Å². The van der Waals surface area contributed by atoms with Gasteiger partial charge < -0.3 is 40.0 Å². The Morgan fingerprint density at radius 3 is 2.25 bits per heavy atom. The second-order valence-corrected chi connectivity index (χ2v) is 15.3. The van der Waals surface area contributed by atoms with Gasteiger partial charge in [-0.1, -0.05) is 5.21 Å². The molecule has 6 N–H and O–H groups in total. The van der Waals surface area contributed by atoms with Gasteiger partial charge in [-0.3, -0.25) is 20.3 Å². The molecule has 3 heterocycles. The lowest BCUT2D eigenvalue weighted by molar-refractivity contribution is -0.172. The molecular formula is C36H52N12O7. The number of hydrogen-bond donors (Lipinski definition) is 6. The molecule has 4 rings (SSSR count). The van der Waals surface area contributed by atoms with E-state index in [1.165, 1.54) is 0 Å². The van der Waals surface area contributed by atoms with Crippen LogP contribution in [0.2, 0.25) is 0 Å². The van der Waals surface area contributed by atoms with Crippen molar-refractivity contribution in [2.75, 3.05) is 31.4 Å². The number of aliphatic hydroxyl groups is 1. The first-order valence-corrected chi connectivity index (χ1v) is 17.5. The Hall–Kier alpha value is -5.82. The van der Waals surface area contributed by atoms with E-state index in [1.54, 1.807) is 78.9 Å². The number of carbonyl (C=O) groups excluding carboxylic acids is 2. The molecule has 1 aromatic carbocycles. The minimum Gasteiger partial charge on any atom is -0.497 e. The van der Waals surface area contributed by atoms with E-state index in [0.29, 0.717) is 45.9 Å². The number of nitrogens with one attached hydrogen (secondary N) is 5. The maximum Gasteiger partial charge on any atom is 0.414 e. The van der Waals surface area contributed by atoms with Crippen LogP contribution in [0.5, 0.6) is 11.5 Å². The summed E-state index contributed by atoms with van der Waals surface area (Å²) in [4.78, 5) is 43.5. The van der Waals surface area contributed by atoms with E-state index in [2.05, 4.69) is 51.9 Å². The number of anilines is 2. The molecular weight excluding hydrogens is 712 g/mol. The van der Waals surface area contributed by atoms with Crippen LogP contribution in [-0.2, 0) is 22.6 Å². The van der Waals surface area contributed by atoms with E-state index in [-0.39, 0.29) is 30.8 Å². The number of urea groups is 1. The number of benzene rings is 1. The first kappa shape index (κ1) is 41.9. The third-order valence-electron chi connectivity index (χ3n) is 6.91. The molecule has 0 aliphatic rings. The molecule has 0 bridgehead atoms. The number of rotatable bonds is 12. The predicted octanol–water partition coefficient (Wildman–Crippen LogP) is 4.39. The Labute approximate surface area is 320 Å². The molecule has 298 valence electrons. The molecule has 19 heteroatoms. The molecule has 1 atom stereocenters. The zero-order valence-corrected chi connectivity index (χ0v) is 33.2. The number of fused-ring (bicyclic) bond motifs is 1. The van der Waals surface area contributed by atoms with Crippen LogP contribution in [0.3, 0.4) is 0 Å². The van der Waals surface area contributed by atoms with Crippen LogP contribution in [0.15, 0.2) is 41.7 Å². The van der Waals surface area contributed by atoms with Gasteiger partial charge in [-0.2, -0.15) is 4.98 Å². The zero-order chi connectivity index (χ0) is 40.6. The lowest BCUT2D eigenvalue weighted by Gasteiger charge is -2.26. The topological polar surface area (TPSA) is 233 Å². The smallest absolute Gasteiger partial charge is 0.414 e. The molecule has 3 amide bonds. The first-order chi connectivity index (χ1) is 25.7. The van der Waals surface area contributed by atoms with Crippen molar-refractivity contribution in [3.8, 4) is 22.6 Å². The van der Waals surface area contributed by atoms with Crippen molar-refractivity contribution in [2.45, 2.75) is 98.6 Å². The second kappa shape index (κ2) is 17.5. The Morgan fingerprint density at radius 2 is 1.64 bits per heavy atom. The van der Waals surface area contributed by atoms with Crippen molar-refractivity contribution in [1.82, 2.24) is 45.9 Å². The first-order valence-electron chi connectivity index (χ1n) is 17.5. The number of ether oxygens (including phenoxy) is 4. The van der Waals surface area contributed by atoms with E-state index < -0.39 is 35.3 Å². The Bertz CT molecular complexity index is 1960. The number of alkyl carbamates (subject to hydrolysis) is 1. The normalized spacial score (nSPS) is 12.8. The van der Waals surface area contributed by atoms with Gasteiger partial charge in [0.1, 0.15) is 28.6 Å². The number of methoxy groups -OCH3 is 2. The highest BCUT2D eigenvalue weighted by Crippen LogP contribution is 2.35. The molecule has 0 spiro atoms.